The Hall–Kier alpha value is -2.08. The van der Waals surface area contributed by atoms with E-state index < -0.39 is 0 Å². The first kappa shape index (κ1) is 18.3. The molecular weight excluding hydrogens is 324 g/mol. The van der Waals surface area contributed by atoms with E-state index in [0.717, 1.165) is 56.4 Å². The predicted octanol–water partition coefficient (Wildman–Crippen LogP) is 2.51. The molecule has 7 heteroatoms. The second-order valence-electron chi connectivity index (χ2n) is 5.47. The Bertz CT molecular complexity index is 611. The highest BCUT2D eigenvalue weighted by molar-refractivity contribution is 6.30. The van der Waals surface area contributed by atoms with Crippen molar-refractivity contribution >= 4 is 17.6 Å². The topological polar surface area (TPSA) is 67.1 Å². The van der Waals surface area contributed by atoms with E-state index in [-0.39, 0.29) is 0 Å². The molecule has 0 unspecified atom stereocenters. The minimum absolute atomic E-state index is 0.779. The molecule has 2 N–H and O–H groups in total. The molecular formula is C17H25ClN6. The summed E-state index contributed by atoms with van der Waals surface area (Å²) in [6.07, 6.45) is 6.49. The van der Waals surface area contributed by atoms with Crippen molar-refractivity contribution in [1.82, 2.24) is 25.4 Å². The maximum Gasteiger partial charge on any atom is 0.191 e. The Morgan fingerprint density at radius 2 is 2.04 bits per heavy atom. The summed E-state index contributed by atoms with van der Waals surface area (Å²) in [5, 5.41) is 15.0. The van der Waals surface area contributed by atoms with Crippen molar-refractivity contribution in [2.75, 3.05) is 19.6 Å². The van der Waals surface area contributed by atoms with Crippen molar-refractivity contribution in [2.24, 2.45) is 4.99 Å². The molecule has 2 aromatic rings. The minimum Gasteiger partial charge on any atom is -0.357 e. The van der Waals surface area contributed by atoms with E-state index in [1.54, 1.807) is 12.7 Å². The van der Waals surface area contributed by atoms with Gasteiger partial charge in [-0.1, -0.05) is 23.7 Å². The minimum atomic E-state index is 0.779. The monoisotopic (exact) mass is 348 g/mol. The van der Waals surface area contributed by atoms with Gasteiger partial charge < -0.3 is 15.2 Å². The number of aliphatic imine (C=N–C) groups is 1. The Kier molecular flexibility index (Phi) is 8.10. The maximum absolute atomic E-state index is 6.01. The van der Waals surface area contributed by atoms with Crippen LogP contribution in [0.2, 0.25) is 5.02 Å². The average Bonchev–Trinajstić information content (AvgIpc) is 3.08. The van der Waals surface area contributed by atoms with E-state index in [1.165, 1.54) is 5.56 Å². The van der Waals surface area contributed by atoms with Gasteiger partial charge in [0, 0.05) is 31.2 Å². The van der Waals surface area contributed by atoms with E-state index in [4.69, 9.17) is 11.6 Å². The lowest BCUT2D eigenvalue weighted by Crippen LogP contribution is -2.38. The van der Waals surface area contributed by atoms with Gasteiger partial charge in [0.15, 0.2) is 5.96 Å². The number of guanidine groups is 1. The van der Waals surface area contributed by atoms with Crippen LogP contribution in [-0.4, -0.2) is 40.4 Å². The lowest BCUT2D eigenvalue weighted by molar-refractivity contribution is 0.611. The van der Waals surface area contributed by atoms with Crippen molar-refractivity contribution < 1.29 is 0 Å². The van der Waals surface area contributed by atoms with Crippen LogP contribution in [0.4, 0.5) is 0 Å². The Morgan fingerprint density at radius 1 is 1.21 bits per heavy atom. The maximum atomic E-state index is 6.01. The fraction of sp³-hybridized carbons (Fsp3) is 0.471. The van der Waals surface area contributed by atoms with Gasteiger partial charge in [-0.3, -0.25) is 4.99 Å². The number of hydrogen-bond acceptors (Lipinski definition) is 3. The fourth-order valence-electron chi connectivity index (χ4n) is 2.29. The number of halogens is 1. The molecule has 0 saturated carbocycles. The average molecular weight is 349 g/mol. The molecule has 0 fully saturated rings. The standard InChI is InChI=1S/C17H25ClN6/c1-2-19-17(20-9-3-4-11-24-13-22-23-14-24)21-10-8-15-6-5-7-16(18)12-15/h5-7,12-14H,2-4,8-11H2,1H3,(H2,19,20,21). The summed E-state index contributed by atoms with van der Waals surface area (Å²) in [5.41, 5.74) is 1.22. The molecule has 0 amide bonds. The van der Waals surface area contributed by atoms with Crippen LogP contribution < -0.4 is 10.6 Å². The molecule has 2 rings (SSSR count). The molecule has 1 aromatic carbocycles. The third kappa shape index (κ3) is 7.00. The normalized spacial score (nSPS) is 11.5. The summed E-state index contributed by atoms with van der Waals surface area (Å²) in [7, 11) is 0. The largest absolute Gasteiger partial charge is 0.357 e. The third-order valence-corrected chi connectivity index (χ3v) is 3.74. The Labute approximate surface area is 148 Å². The highest BCUT2D eigenvalue weighted by atomic mass is 35.5. The molecule has 0 aliphatic carbocycles. The van der Waals surface area contributed by atoms with Crippen LogP contribution >= 0.6 is 11.6 Å². The molecule has 1 aromatic heterocycles. The summed E-state index contributed by atoms with van der Waals surface area (Å²) in [5.74, 6) is 0.865. The molecule has 6 nitrogen and oxygen atoms in total. The van der Waals surface area contributed by atoms with E-state index in [2.05, 4.69) is 38.8 Å². The van der Waals surface area contributed by atoms with Gasteiger partial charge in [-0.15, -0.1) is 10.2 Å². The number of benzene rings is 1. The molecule has 130 valence electrons. The molecule has 0 bridgehead atoms. The molecule has 0 spiro atoms. The number of nitrogens with one attached hydrogen (secondary N) is 2. The zero-order chi connectivity index (χ0) is 17.0. The summed E-state index contributed by atoms with van der Waals surface area (Å²) in [4.78, 5) is 4.61. The molecule has 0 aliphatic heterocycles. The quantitative estimate of drug-likeness (QED) is 0.415. The van der Waals surface area contributed by atoms with E-state index >= 15 is 0 Å². The van der Waals surface area contributed by atoms with Gasteiger partial charge in [-0.25, -0.2) is 0 Å². The van der Waals surface area contributed by atoms with Crippen molar-refractivity contribution in [3.63, 3.8) is 0 Å². The van der Waals surface area contributed by atoms with Crippen LogP contribution in [0.15, 0.2) is 41.9 Å². The van der Waals surface area contributed by atoms with Crippen LogP contribution in [-0.2, 0) is 13.0 Å². The second-order valence-corrected chi connectivity index (χ2v) is 5.91. The molecule has 24 heavy (non-hydrogen) atoms. The SMILES string of the molecule is CCNC(=NCCCCn1cnnc1)NCCc1cccc(Cl)c1. The third-order valence-electron chi connectivity index (χ3n) is 3.50. The van der Waals surface area contributed by atoms with Crippen LogP contribution in [0.1, 0.15) is 25.3 Å². The van der Waals surface area contributed by atoms with Gasteiger partial charge in [0.2, 0.25) is 0 Å². The Balaban J connectivity index is 1.67. The van der Waals surface area contributed by atoms with Gasteiger partial charge >= 0.3 is 0 Å². The second kappa shape index (κ2) is 10.6. The van der Waals surface area contributed by atoms with Crippen molar-refractivity contribution in [1.29, 1.82) is 0 Å². The van der Waals surface area contributed by atoms with E-state index in [9.17, 15) is 0 Å². The van der Waals surface area contributed by atoms with Crippen LogP contribution in [0.5, 0.6) is 0 Å². The molecule has 0 aliphatic rings. The van der Waals surface area contributed by atoms with Crippen LogP contribution in [0.25, 0.3) is 0 Å². The van der Waals surface area contributed by atoms with Gasteiger partial charge in [0.25, 0.3) is 0 Å². The summed E-state index contributed by atoms with van der Waals surface area (Å²) < 4.78 is 1.98. The molecule has 0 atom stereocenters. The van der Waals surface area contributed by atoms with E-state index in [1.807, 2.05) is 22.8 Å². The first-order valence-electron chi connectivity index (χ1n) is 8.37. The Morgan fingerprint density at radius 3 is 2.79 bits per heavy atom. The fourth-order valence-corrected chi connectivity index (χ4v) is 2.51. The summed E-state index contributed by atoms with van der Waals surface area (Å²) in [6.45, 7) is 5.48. The lowest BCUT2D eigenvalue weighted by Gasteiger charge is -2.11. The summed E-state index contributed by atoms with van der Waals surface area (Å²) in [6, 6.07) is 7.96. The number of rotatable bonds is 9. The number of aryl methyl sites for hydroxylation is 1. The van der Waals surface area contributed by atoms with Crippen LogP contribution in [0.3, 0.4) is 0 Å². The smallest absolute Gasteiger partial charge is 0.191 e. The predicted molar refractivity (Wildman–Crippen MR) is 98.4 cm³/mol. The van der Waals surface area contributed by atoms with Gasteiger partial charge in [0.05, 0.1) is 0 Å². The van der Waals surface area contributed by atoms with Gasteiger partial charge in [-0.2, -0.15) is 0 Å². The van der Waals surface area contributed by atoms with E-state index in [0.29, 0.717) is 0 Å². The number of hydrogen-bond donors (Lipinski definition) is 2. The van der Waals surface area contributed by atoms with Crippen molar-refractivity contribution in [2.45, 2.75) is 32.7 Å². The zero-order valence-electron chi connectivity index (χ0n) is 14.1. The lowest BCUT2D eigenvalue weighted by atomic mass is 10.1. The first-order chi connectivity index (χ1) is 11.8. The molecule has 0 saturated heterocycles. The van der Waals surface area contributed by atoms with Gasteiger partial charge in [0.1, 0.15) is 12.7 Å². The highest BCUT2D eigenvalue weighted by Gasteiger charge is 1.99. The summed E-state index contributed by atoms with van der Waals surface area (Å²) >= 11 is 6.01. The highest BCUT2D eigenvalue weighted by Crippen LogP contribution is 2.10. The number of nitrogens with zero attached hydrogens (tertiary/aromatic N) is 4. The molecule has 1 heterocycles. The van der Waals surface area contributed by atoms with Crippen molar-refractivity contribution in [3.05, 3.63) is 47.5 Å². The zero-order valence-corrected chi connectivity index (χ0v) is 14.8. The van der Waals surface area contributed by atoms with Crippen molar-refractivity contribution in [3.8, 4) is 0 Å². The number of unbranched alkanes of at least 4 members (excludes halogenated alkanes) is 1. The van der Waals surface area contributed by atoms with Gasteiger partial charge in [-0.05, 0) is 43.9 Å². The molecule has 0 radical (unpaired) electrons. The number of aromatic nitrogens is 3. The van der Waals surface area contributed by atoms with Crippen LogP contribution in [0, 0.1) is 0 Å². The first-order valence-corrected chi connectivity index (χ1v) is 8.74.